The molecule has 0 saturated heterocycles. The van der Waals surface area contributed by atoms with Crippen LogP contribution in [0.5, 0.6) is 0 Å². The van der Waals surface area contributed by atoms with Gasteiger partial charge in [-0.2, -0.15) is 0 Å². The molecule has 0 radical (unpaired) electrons. The summed E-state index contributed by atoms with van der Waals surface area (Å²) >= 11 is 5.80. The summed E-state index contributed by atoms with van der Waals surface area (Å²) in [5, 5.41) is 11.3. The van der Waals surface area contributed by atoms with E-state index < -0.39 is 22.2 Å². The summed E-state index contributed by atoms with van der Waals surface area (Å²) in [5.41, 5.74) is -0.0329. The van der Waals surface area contributed by atoms with Crippen LogP contribution < -0.4 is 0 Å². The second-order valence-electron chi connectivity index (χ2n) is 4.15. The highest BCUT2D eigenvalue weighted by Gasteiger charge is 2.20. The molecule has 2 rings (SSSR count). The molecule has 0 aliphatic carbocycles. The number of carbonyl (C=O) groups excluding carboxylic acids is 1. The number of nitro groups is 1. The average Bonchev–Trinajstić information content (AvgIpc) is 2.38. The Balaban J connectivity index is 2.34. The van der Waals surface area contributed by atoms with Gasteiger partial charge in [-0.05, 0) is 29.8 Å². The third kappa shape index (κ3) is 3.19. The molecule has 102 valence electrons. The Labute approximate surface area is 119 Å². The van der Waals surface area contributed by atoms with Gasteiger partial charge in [-0.1, -0.05) is 23.7 Å². The second-order valence-corrected chi connectivity index (χ2v) is 4.58. The summed E-state index contributed by atoms with van der Waals surface area (Å²) in [6, 6.07) is 9.41. The van der Waals surface area contributed by atoms with Crippen molar-refractivity contribution in [3.8, 4) is 0 Å². The number of hydrogen-bond donors (Lipinski definition) is 0. The molecular weight excluding hydrogens is 285 g/mol. The minimum Gasteiger partial charge on any atom is -0.294 e. The number of ketones is 1. The van der Waals surface area contributed by atoms with Crippen LogP contribution in [0.15, 0.2) is 42.5 Å². The predicted octanol–water partition coefficient (Wildman–Crippen LogP) is 3.81. The summed E-state index contributed by atoms with van der Waals surface area (Å²) in [6.07, 6.45) is -0.0785. The van der Waals surface area contributed by atoms with Crippen LogP contribution in [0.3, 0.4) is 0 Å². The number of carbonyl (C=O) groups is 1. The van der Waals surface area contributed by atoms with Gasteiger partial charge in [-0.25, -0.2) is 4.39 Å². The van der Waals surface area contributed by atoms with Crippen LogP contribution in [-0.4, -0.2) is 10.7 Å². The van der Waals surface area contributed by atoms with Crippen molar-refractivity contribution >= 4 is 23.1 Å². The van der Waals surface area contributed by atoms with Crippen LogP contribution in [-0.2, 0) is 6.42 Å². The fourth-order valence-corrected chi connectivity index (χ4v) is 2.03. The van der Waals surface area contributed by atoms with Crippen LogP contribution in [0, 0.1) is 15.9 Å². The van der Waals surface area contributed by atoms with E-state index in [1.54, 1.807) is 24.3 Å². The van der Waals surface area contributed by atoms with Gasteiger partial charge in [0, 0.05) is 17.5 Å². The highest BCUT2D eigenvalue weighted by Crippen LogP contribution is 2.22. The number of hydrogen-bond acceptors (Lipinski definition) is 3. The first kappa shape index (κ1) is 14.1. The van der Waals surface area contributed by atoms with E-state index in [9.17, 15) is 19.3 Å². The topological polar surface area (TPSA) is 60.2 Å². The van der Waals surface area contributed by atoms with Gasteiger partial charge in [0.25, 0.3) is 5.69 Å². The van der Waals surface area contributed by atoms with Gasteiger partial charge in [-0.3, -0.25) is 14.9 Å². The Morgan fingerprint density at radius 1 is 1.25 bits per heavy atom. The normalized spacial score (nSPS) is 10.3. The quantitative estimate of drug-likeness (QED) is 0.489. The molecule has 0 atom stereocenters. The lowest BCUT2D eigenvalue weighted by Gasteiger charge is -2.03. The first-order valence-corrected chi connectivity index (χ1v) is 6.07. The van der Waals surface area contributed by atoms with Crippen LogP contribution in [0.25, 0.3) is 0 Å². The van der Waals surface area contributed by atoms with Gasteiger partial charge in [0.05, 0.1) is 10.5 Å². The van der Waals surface area contributed by atoms with Gasteiger partial charge in [0.15, 0.2) is 5.78 Å². The van der Waals surface area contributed by atoms with Crippen molar-refractivity contribution in [2.75, 3.05) is 0 Å². The van der Waals surface area contributed by atoms with E-state index in [4.69, 9.17) is 11.6 Å². The molecule has 6 heteroatoms. The molecule has 0 heterocycles. The fourth-order valence-electron chi connectivity index (χ4n) is 1.82. The molecule has 0 N–H and O–H groups in total. The lowest BCUT2D eigenvalue weighted by atomic mass is 10.0. The molecule has 0 saturated carbocycles. The molecule has 0 bridgehead atoms. The summed E-state index contributed by atoms with van der Waals surface area (Å²) in [6.45, 7) is 0. The van der Waals surface area contributed by atoms with Gasteiger partial charge >= 0.3 is 0 Å². The molecule has 0 amide bonds. The minimum atomic E-state index is -0.704. The van der Waals surface area contributed by atoms with Gasteiger partial charge in [0.1, 0.15) is 5.82 Å². The second kappa shape index (κ2) is 5.79. The molecule has 20 heavy (non-hydrogen) atoms. The van der Waals surface area contributed by atoms with E-state index in [-0.39, 0.29) is 12.0 Å². The molecule has 0 spiro atoms. The van der Waals surface area contributed by atoms with Crippen molar-refractivity contribution < 1.29 is 14.1 Å². The number of nitro benzene ring substituents is 1. The molecule has 0 unspecified atom stereocenters. The zero-order chi connectivity index (χ0) is 14.7. The number of benzene rings is 2. The summed E-state index contributed by atoms with van der Waals surface area (Å²) in [5.74, 6) is -1.22. The molecule has 0 aliphatic rings. The van der Waals surface area contributed by atoms with Crippen molar-refractivity contribution in [1.82, 2.24) is 0 Å². The van der Waals surface area contributed by atoms with E-state index in [1.807, 2.05) is 0 Å². The van der Waals surface area contributed by atoms with E-state index >= 15 is 0 Å². The standard InChI is InChI=1S/C14H9ClFNO3/c15-10-3-1-2-9(6-10)7-14(18)12-8-11(16)4-5-13(12)17(19)20/h1-6,8H,7H2. The molecule has 2 aromatic carbocycles. The van der Waals surface area contributed by atoms with Crippen LogP contribution in [0.2, 0.25) is 5.02 Å². The van der Waals surface area contributed by atoms with Gasteiger partial charge < -0.3 is 0 Å². The maximum atomic E-state index is 13.2. The van der Waals surface area contributed by atoms with E-state index in [1.165, 1.54) is 0 Å². The van der Waals surface area contributed by atoms with Crippen LogP contribution in [0.4, 0.5) is 10.1 Å². The Morgan fingerprint density at radius 3 is 2.65 bits per heavy atom. The number of nitrogens with zero attached hydrogens (tertiary/aromatic N) is 1. The van der Waals surface area contributed by atoms with Crippen molar-refractivity contribution in [2.45, 2.75) is 6.42 Å². The smallest absolute Gasteiger partial charge is 0.280 e. The van der Waals surface area contributed by atoms with Crippen LogP contribution >= 0.6 is 11.6 Å². The zero-order valence-corrected chi connectivity index (χ0v) is 10.9. The molecule has 0 aliphatic heterocycles. The molecule has 4 nitrogen and oxygen atoms in total. The monoisotopic (exact) mass is 293 g/mol. The SMILES string of the molecule is O=C(Cc1cccc(Cl)c1)c1cc(F)ccc1[N+](=O)[O-]. The molecule has 0 aromatic heterocycles. The Morgan fingerprint density at radius 2 is 2.00 bits per heavy atom. The minimum absolute atomic E-state index is 0.0785. The zero-order valence-electron chi connectivity index (χ0n) is 10.2. The highest BCUT2D eigenvalue weighted by atomic mass is 35.5. The maximum absolute atomic E-state index is 13.2. The van der Waals surface area contributed by atoms with Gasteiger partial charge in [0.2, 0.25) is 0 Å². The van der Waals surface area contributed by atoms with Crippen molar-refractivity contribution in [3.05, 3.63) is 74.5 Å². The number of rotatable bonds is 4. The Kier molecular flexibility index (Phi) is 4.10. The number of Topliss-reactive ketones (excluding diaryl/α,β-unsaturated/α-hetero) is 1. The Bertz CT molecular complexity index is 688. The summed E-state index contributed by atoms with van der Waals surface area (Å²) < 4.78 is 13.2. The molecule has 0 fully saturated rings. The lowest BCUT2D eigenvalue weighted by Crippen LogP contribution is -2.07. The first-order chi connectivity index (χ1) is 9.47. The number of halogens is 2. The van der Waals surface area contributed by atoms with E-state index in [0.29, 0.717) is 10.6 Å². The van der Waals surface area contributed by atoms with Crippen molar-refractivity contribution in [1.29, 1.82) is 0 Å². The average molecular weight is 294 g/mol. The fraction of sp³-hybridized carbons (Fsp3) is 0.0714. The van der Waals surface area contributed by atoms with E-state index in [2.05, 4.69) is 0 Å². The largest absolute Gasteiger partial charge is 0.294 e. The third-order valence-corrected chi connectivity index (χ3v) is 2.94. The first-order valence-electron chi connectivity index (χ1n) is 5.69. The summed E-state index contributed by atoms with van der Waals surface area (Å²) in [7, 11) is 0. The van der Waals surface area contributed by atoms with Crippen molar-refractivity contribution in [3.63, 3.8) is 0 Å². The van der Waals surface area contributed by atoms with Gasteiger partial charge in [-0.15, -0.1) is 0 Å². The highest BCUT2D eigenvalue weighted by molar-refractivity contribution is 6.30. The predicted molar refractivity (Wildman–Crippen MR) is 72.5 cm³/mol. The van der Waals surface area contributed by atoms with E-state index in [0.717, 1.165) is 18.2 Å². The molecule has 2 aromatic rings. The maximum Gasteiger partial charge on any atom is 0.280 e. The third-order valence-electron chi connectivity index (χ3n) is 2.71. The Hall–Kier alpha value is -2.27. The van der Waals surface area contributed by atoms with Crippen LogP contribution in [0.1, 0.15) is 15.9 Å². The molecular formula is C14H9ClFNO3. The van der Waals surface area contributed by atoms with Crippen molar-refractivity contribution in [2.24, 2.45) is 0 Å². The summed E-state index contributed by atoms with van der Waals surface area (Å²) in [4.78, 5) is 22.2. The lowest BCUT2D eigenvalue weighted by molar-refractivity contribution is -0.385.